The van der Waals surface area contributed by atoms with Gasteiger partial charge in [-0.2, -0.15) is 12.7 Å². The molecule has 0 saturated heterocycles. The first-order valence-electron chi connectivity index (χ1n) is 6.54. The lowest BCUT2D eigenvalue weighted by Gasteiger charge is -2.18. The van der Waals surface area contributed by atoms with Gasteiger partial charge in [-0.25, -0.2) is 4.72 Å². The first-order valence-corrected chi connectivity index (χ1v) is 7.98. The van der Waals surface area contributed by atoms with Crippen LogP contribution >= 0.6 is 0 Å². The van der Waals surface area contributed by atoms with Gasteiger partial charge >= 0.3 is 0 Å². The van der Waals surface area contributed by atoms with Crippen molar-refractivity contribution in [2.24, 2.45) is 0 Å². The molecule has 114 valence electrons. The van der Waals surface area contributed by atoms with E-state index in [1.807, 2.05) is 31.2 Å². The van der Waals surface area contributed by atoms with E-state index in [-0.39, 0.29) is 0 Å². The maximum absolute atomic E-state index is 12.0. The quantitative estimate of drug-likeness (QED) is 0.654. The molecule has 7 heteroatoms. The molecule has 1 aromatic rings. The molecule has 0 fully saturated rings. The number of ether oxygens (including phenoxy) is 1. The summed E-state index contributed by atoms with van der Waals surface area (Å²) in [7, 11) is -0.320. The lowest BCUT2D eigenvalue weighted by atomic mass is 10.2. The zero-order chi connectivity index (χ0) is 15.0. The molecule has 0 amide bonds. The van der Waals surface area contributed by atoms with Gasteiger partial charge in [-0.05, 0) is 24.2 Å². The van der Waals surface area contributed by atoms with E-state index in [0.29, 0.717) is 25.4 Å². The third kappa shape index (κ3) is 5.46. The Labute approximate surface area is 121 Å². The highest BCUT2D eigenvalue weighted by Gasteiger charge is 2.17. The zero-order valence-electron chi connectivity index (χ0n) is 12.2. The van der Waals surface area contributed by atoms with Crippen molar-refractivity contribution in [3.63, 3.8) is 0 Å². The predicted octanol–water partition coefficient (Wildman–Crippen LogP) is 0.571. The van der Waals surface area contributed by atoms with Crippen molar-refractivity contribution in [1.29, 1.82) is 0 Å². The van der Waals surface area contributed by atoms with E-state index < -0.39 is 10.2 Å². The molecule has 0 unspecified atom stereocenters. The van der Waals surface area contributed by atoms with Crippen molar-refractivity contribution < 1.29 is 13.2 Å². The average Bonchev–Trinajstić information content (AvgIpc) is 2.44. The van der Waals surface area contributed by atoms with Crippen LogP contribution in [0.2, 0.25) is 0 Å². The monoisotopic (exact) mass is 301 g/mol. The highest BCUT2D eigenvalue weighted by Crippen LogP contribution is 2.14. The zero-order valence-corrected chi connectivity index (χ0v) is 13.0. The molecular formula is C13H23N3O3S. The van der Waals surface area contributed by atoms with Crippen molar-refractivity contribution in [1.82, 2.24) is 14.3 Å². The fourth-order valence-corrected chi connectivity index (χ4v) is 2.57. The largest absolute Gasteiger partial charge is 0.497 e. The van der Waals surface area contributed by atoms with Crippen LogP contribution in [0.4, 0.5) is 0 Å². The summed E-state index contributed by atoms with van der Waals surface area (Å²) in [5.74, 6) is 0.716. The lowest BCUT2D eigenvalue weighted by Crippen LogP contribution is -2.40. The summed E-state index contributed by atoms with van der Waals surface area (Å²) in [6, 6.07) is 7.36. The smallest absolute Gasteiger partial charge is 0.279 e. The number of nitrogens with one attached hydrogen (secondary N) is 2. The fourth-order valence-electron chi connectivity index (χ4n) is 1.67. The number of hydrogen-bond donors (Lipinski definition) is 2. The molecule has 0 radical (unpaired) electrons. The maximum Gasteiger partial charge on any atom is 0.279 e. The van der Waals surface area contributed by atoms with Gasteiger partial charge in [0.15, 0.2) is 0 Å². The minimum Gasteiger partial charge on any atom is -0.497 e. The van der Waals surface area contributed by atoms with Crippen LogP contribution in [0, 0.1) is 0 Å². The van der Waals surface area contributed by atoms with Gasteiger partial charge in [-0.3, -0.25) is 0 Å². The molecule has 0 aliphatic carbocycles. The second-order valence-corrected chi connectivity index (χ2v) is 6.22. The third-order valence-electron chi connectivity index (χ3n) is 2.79. The fraction of sp³-hybridized carbons (Fsp3) is 0.538. The summed E-state index contributed by atoms with van der Waals surface area (Å²) in [5, 5.41) is 3.06. The van der Waals surface area contributed by atoms with Crippen LogP contribution in [0.3, 0.4) is 0 Å². The average molecular weight is 301 g/mol. The Balaban J connectivity index is 2.57. The summed E-state index contributed by atoms with van der Waals surface area (Å²) in [6.45, 7) is 4.08. The highest BCUT2D eigenvalue weighted by atomic mass is 32.2. The molecule has 20 heavy (non-hydrogen) atoms. The summed E-state index contributed by atoms with van der Waals surface area (Å²) >= 11 is 0. The molecule has 0 aromatic heterocycles. The van der Waals surface area contributed by atoms with Crippen molar-refractivity contribution >= 4 is 10.2 Å². The third-order valence-corrected chi connectivity index (χ3v) is 4.30. The van der Waals surface area contributed by atoms with Gasteiger partial charge in [0.2, 0.25) is 0 Å². The Morgan fingerprint density at radius 1 is 1.30 bits per heavy atom. The maximum atomic E-state index is 12.0. The Bertz CT molecular complexity index is 505. The van der Waals surface area contributed by atoms with Gasteiger partial charge in [-0.15, -0.1) is 0 Å². The molecule has 0 heterocycles. The predicted molar refractivity (Wildman–Crippen MR) is 79.9 cm³/mol. The van der Waals surface area contributed by atoms with Gasteiger partial charge in [0.1, 0.15) is 5.75 Å². The van der Waals surface area contributed by atoms with Gasteiger partial charge in [0.25, 0.3) is 10.2 Å². The van der Waals surface area contributed by atoms with Crippen LogP contribution in [0.5, 0.6) is 5.75 Å². The van der Waals surface area contributed by atoms with Crippen LogP contribution < -0.4 is 14.8 Å². The van der Waals surface area contributed by atoms with Crippen LogP contribution in [0.25, 0.3) is 0 Å². The minimum absolute atomic E-state index is 0.299. The lowest BCUT2D eigenvalue weighted by molar-refractivity contribution is 0.412. The van der Waals surface area contributed by atoms with Crippen LogP contribution in [-0.4, -0.2) is 46.5 Å². The Morgan fingerprint density at radius 3 is 2.70 bits per heavy atom. The van der Waals surface area contributed by atoms with Crippen LogP contribution in [0.15, 0.2) is 24.3 Å². The molecule has 2 N–H and O–H groups in total. The van der Waals surface area contributed by atoms with Gasteiger partial charge < -0.3 is 10.1 Å². The molecule has 0 aliphatic heterocycles. The highest BCUT2D eigenvalue weighted by molar-refractivity contribution is 7.87. The van der Waals surface area contributed by atoms with Gasteiger partial charge in [-0.1, -0.05) is 19.1 Å². The van der Waals surface area contributed by atoms with E-state index in [1.54, 1.807) is 14.2 Å². The molecule has 1 rings (SSSR count). The standard InChI is InChI=1S/C13H23N3O3S/c1-4-14-8-9-15-20(17,18)16(2)11-12-6-5-7-13(10-12)19-3/h5-7,10,14-15H,4,8-9,11H2,1-3H3. The summed E-state index contributed by atoms with van der Waals surface area (Å²) in [4.78, 5) is 0. The minimum atomic E-state index is -3.46. The molecule has 0 spiro atoms. The molecular weight excluding hydrogens is 278 g/mol. The van der Waals surface area contributed by atoms with Crippen LogP contribution in [-0.2, 0) is 16.8 Å². The molecule has 0 aliphatic rings. The van der Waals surface area contributed by atoms with E-state index >= 15 is 0 Å². The molecule has 0 atom stereocenters. The first kappa shape index (κ1) is 16.9. The van der Waals surface area contributed by atoms with Gasteiger partial charge in [0, 0.05) is 26.7 Å². The number of methoxy groups -OCH3 is 1. The van der Waals surface area contributed by atoms with Gasteiger partial charge in [0.05, 0.1) is 7.11 Å². The Morgan fingerprint density at radius 2 is 2.05 bits per heavy atom. The number of hydrogen-bond acceptors (Lipinski definition) is 4. The molecule has 1 aromatic carbocycles. The van der Waals surface area contributed by atoms with E-state index in [4.69, 9.17) is 4.74 Å². The topological polar surface area (TPSA) is 70.7 Å². The molecule has 0 saturated carbocycles. The number of nitrogens with zero attached hydrogens (tertiary/aromatic N) is 1. The number of rotatable bonds is 9. The summed E-state index contributed by atoms with van der Waals surface area (Å²) in [5.41, 5.74) is 0.879. The Kier molecular flexibility index (Phi) is 6.94. The van der Waals surface area contributed by atoms with E-state index in [9.17, 15) is 8.42 Å². The normalized spacial score (nSPS) is 11.8. The van der Waals surface area contributed by atoms with Crippen molar-refractivity contribution in [2.75, 3.05) is 33.8 Å². The summed E-state index contributed by atoms with van der Waals surface area (Å²) in [6.07, 6.45) is 0. The first-order chi connectivity index (χ1) is 9.49. The number of likely N-dealkylation sites (N-methyl/N-ethyl adjacent to an activating group) is 1. The molecule has 0 bridgehead atoms. The van der Waals surface area contributed by atoms with Crippen molar-refractivity contribution in [2.45, 2.75) is 13.5 Å². The second kappa shape index (κ2) is 8.21. The van der Waals surface area contributed by atoms with E-state index in [2.05, 4.69) is 10.0 Å². The number of benzene rings is 1. The van der Waals surface area contributed by atoms with Crippen LogP contribution in [0.1, 0.15) is 12.5 Å². The van der Waals surface area contributed by atoms with E-state index in [0.717, 1.165) is 12.1 Å². The van der Waals surface area contributed by atoms with Crippen molar-refractivity contribution in [3.05, 3.63) is 29.8 Å². The molecule has 6 nitrogen and oxygen atoms in total. The Hall–Kier alpha value is -1.15. The SMILES string of the molecule is CCNCCNS(=O)(=O)N(C)Cc1cccc(OC)c1. The second-order valence-electron chi connectivity index (χ2n) is 4.36. The van der Waals surface area contributed by atoms with Crippen molar-refractivity contribution in [3.8, 4) is 5.75 Å². The summed E-state index contributed by atoms with van der Waals surface area (Å²) < 4.78 is 33.0. The van der Waals surface area contributed by atoms with E-state index in [1.165, 1.54) is 4.31 Å².